The predicted molar refractivity (Wildman–Crippen MR) is 62.8 cm³/mol. The molecule has 2 nitrogen and oxygen atoms in total. The van der Waals surface area contributed by atoms with Crippen LogP contribution in [0, 0.1) is 11.3 Å². The van der Waals surface area contributed by atoms with Gasteiger partial charge >= 0.3 is 0 Å². The number of rotatable bonds is 3. The van der Waals surface area contributed by atoms with Crippen LogP contribution < -0.4 is 5.32 Å². The predicted octanol–water partition coefficient (Wildman–Crippen LogP) is 3.02. The minimum absolute atomic E-state index is 0.297. The van der Waals surface area contributed by atoms with Crippen LogP contribution in [0.4, 0.5) is 0 Å². The summed E-state index contributed by atoms with van der Waals surface area (Å²) >= 11 is 1.86. The summed E-state index contributed by atoms with van der Waals surface area (Å²) in [5, 5.41) is 14.4. The van der Waals surface area contributed by atoms with Crippen molar-refractivity contribution in [3.63, 3.8) is 0 Å². The summed E-state index contributed by atoms with van der Waals surface area (Å²) < 4.78 is 0. The first kappa shape index (κ1) is 10.7. The monoisotopic (exact) mass is 220 g/mol. The van der Waals surface area contributed by atoms with Gasteiger partial charge < -0.3 is 5.32 Å². The van der Waals surface area contributed by atoms with Crippen LogP contribution in [-0.4, -0.2) is 6.04 Å². The summed E-state index contributed by atoms with van der Waals surface area (Å²) in [6.07, 6.45) is 4.30. The molecule has 1 aromatic heterocycles. The number of aryl methyl sites for hydroxylation is 1. The van der Waals surface area contributed by atoms with E-state index in [1.54, 1.807) is 0 Å². The number of hydrogen-bond donors (Lipinski definition) is 1. The standard InChI is InChI=1S/C12H16N2S/c1-9(5-7-13)14-11-3-2-4-12-10(11)6-8-15-12/h6,8-9,11,14H,2-5H2,1H3. The van der Waals surface area contributed by atoms with Crippen LogP contribution >= 0.6 is 11.3 Å². The molecule has 0 aromatic carbocycles. The third-order valence-corrected chi connectivity index (χ3v) is 3.93. The highest BCUT2D eigenvalue weighted by atomic mass is 32.1. The van der Waals surface area contributed by atoms with Crippen LogP contribution in [0.3, 0.4) is 0 Å². The van der Waals surface area contributed by atoms with E-state index in [1.165, 1.54) is 29.7 Å². The molecule has 80 valence electrons. The van der Waals surface area contributed by atoms with Crippen molar-refractivity contribution in [1.82, 2.24) is 5.32 Å². The van der Waals surface area contributed by atoms with E-state index in [1.807, 2.05) is 11.3 Å². The number of nitrogens with zero attached hydrogens (tertiary/aromatic N) is 1. The molecule has 0 radical (unpaired) electrons. The highest BCUT2D eigenvalue weighted by molar-refractivity contribution is 7.10. The fraction of sp³-hybridized carbons (Fsp3) is 0.583. The quantitative estimate of drug-likeness (QED) is 0.850. The van der Waals surface area contributed by atoms with Crippen molar-refractivity contribution in [2.75, 3.05) is 0 Å². The van der Waals surface area contributed by atoms with Crippen molar-refractivity contribution in [2.45, 2.75) is 44.7 Å². The average molecular weight is 220 g/mol. The van der Waals surface area contributed by atoms with Crippen molar-refractivity contribution in [3.8, 4) is 6.07 Å². The molecule has 0 spiro atoms. The Hall–Kier alpha value is -0.850. The van der Waals surface area contributed by atoms with Gasteiger partial charge in [0.2, 0.25) is 0 Å². The molecular weight excluding hydrogens is 204 g/mol. The average Bonchev–Trinajstić information content (AvgIpc) is 2.67. The highest BCUT2D eigenvalue weighted by Gasteiger charge is 2.21. The van der Waals surface area contributed by atoms with Gasteiger partial charge in [0.25, 0.3) is 0 Å². The van der Waals surface area contributed by atoms with Gasteiger partial charge in [-0.1, -0.05) is 0 Å². The zero-order chi connectivity index (χ0) is 10.7. The lowest BCUT2D eigenvalue weighted by molar-refractivity contribution is 0.414. The van der Waals surface area contributed by atoms with Gasteiger partial charge in [-0.3, -0.25) is 0 Å². The second-order valence-electron chi connectivity index (χ2n) is 4.17. The number of nitriles is 1. The van der Waals surface area contributed by atoms with Crippen LogP contribution in [0.2, 0.25) is 0 Å². The Morgan fingerprint density at radius 3 is 3.40 bits per heavy atom. The van der Waals surface area contributed by atoms with Crippen LogP contribution in [0.1, 0.15) is 42.7 Å². The summed E-state index contributed by atoms with van der Waals surface area (Å²) in [6.45, 7) is 2.09. The topological polar surface area (TPSA) is 35.8 Å². The summed E-state index contributed by atoms with van der Waals surface area (Å²) in [5.74, 6) is 0. The number of hydrogen-bond acceptors (Lipinski definition) is 3. The Bertz CT molecular complexity index is 364. The molecular formula is C12H16N2S. The van der Waals surface area contributed by atoms with Gasteiger partial charge in [-0.25, -0.2) is 0 Å². The molecule has 0 bridgehead atoms. The Labute approximate surface area is 94.9 Å². The minimum atomic E-state index is 0.297. The normalized spacial score (nSPS) is 21.7. The number of thiophene rings is 1. The molecule has 1 N–H and O–H groups in total. The summed E-state index contributed by atoms with van der Waals surface area (Å²) in [5.41, 5.74) is 1.47. The van der Waals surface area contributed by atoms with Crippen molar-refractivity contribution >= 4 is 11.3 Å². The van der Waals surface area contributed by atoms with Crippen LogP contribution in [0.5, 0.6) is 0 Å². The maximum atomic E-state index is 8.63. The first-order valence-electron chi connectivity index (χ1n) is 5.50. The Morgan fingerprint density at radius 1 is 1.73 bits per heavy atom. The molecule has 1 heterocycles. The molecule has 2 atom stereocenters. The highest BCUT2D eigenvalue weighted by Crippen LogP contribution is 2.33. The molecule has 15 heavy (non-hydrogen) atoms. The van der Waals surface area contributed by atoms with Gasteiger partial charge in [0.1, 0.15) is 0 Å². The minimum Gasteiger partial charge on any atom is -0.306 e. The van der Waals surface area contributed by atoms with E-state index in [4.69, 9.17) is 5.26 Å². The van der Waals surface area contributed by atoms with Gasteiger partial charge in [0.15, 0.2) is 0 Å². The van der Waals surface area contributed by atoms with Crippen molar-refractivity contribution in [1.29, 1.82) is 5.26 Å². The van der Waals surface area contributed by atoms with Crippen molar-refractivity contribution in [2.24, 2.45) is 0 Å². The fourth-order valence-corrected chi connectivity index (χ4v) is 3.19. The SMILES string of the molecule is CC(CC#N)NC1CCCc2sccc21. The molecule has 0 aliphatic heterocycles. The summed E-state index contributed by atoms with van der Waals surface area (Å²) in [4.78, 5) is 1.53. The van der Waals surface area contributed by atoms with Crippen molar-refractivity contribution in [3.05, 3.63) is 21.9 Å². The molecule has 2 unspecified atom stereocenters. The maximum Gasteiger partial charge on any atom is 0.0638 e. The lowest BCUT2D eigenvalue weighted by Crippen LogP contribution is -2.31. The van der Waals surface area contributed by atoms with E-state index in [9.17, 15) is 0 Å². The number of fused-ring (bicyclic) bond motifs is 1. The summed E-state index contributed by atoms with van der Waals surface area (Å²) in [6, 6.07) is 5.22. The van der Waals surface area contributed by atoms with Gasteiger partial charge in [0, 0.05) is 17.0 Å². The molecule has 1 aromatic rings. The molecule has 0 amide bonds. The molecule has 1 aliphatic carbocycles. The van der Waals surface area contributed by atoms with Gasteiger partial charge in [-0.05, 0) is 43.2 Å². The van der Waals surface area contributed by atoms with Crippen LogP contribution in [-0.2, 0) is 6.42 Å². The first-order chi connectivity index (χ1) is 7.31. The fourth-order valence-electron chi connectivity index (χ4n) is 2.20. The van der Waals surface area contributed by atoms with Crippen LogP contribution in [0.15, 0.2) is 11.4 Å². The third kappa shape index (κ3) is 2.39. The zero-order valence-corrected chi connectivity index (χ0v) is 9.81. The Morgan fingerprint density at radius 2 is 2.60 bits per heavy atom. The lowest BCUT2D eigenvalue weighted by atomic mass is 9.93. The van der Waals surface area contributed by atoms with E-state index in [0.717, 1.165) is 0 Å². The summed E-state index contributed by atoms with van der Waals surface area (Å²) in [7, 11) is 0. The van der Waals surface area contributed by atoms with E-state index >= 15 is 0 Å². The van der Waals surface area contributed by atoms with E-state index in [2.05, 4.69) is 29.8 Å². The van der Waals surface area contributed by atoms with Gasteiger partial charge in [0.05, 0.1) is 12.5 Å². The van der Waals surface area contributed by atoms with Crippen molar-refractivity contribution < 1.29 is 0 Å². The van der Waals surface area contributed by atoms with E-state index in [-0.39, 0.29) is 0 Å². The Balaban J connectivity index is 2.04. The second-order valence-corrected chi connectivity index (χ2v) is 5.17. The zero-order valence-electron chi connectivity index (χ0n) is 8.99. The molecule has 3 heteroatoms. The molecule has 1 aliphatic rings. The molecule has 2 rings (SSSR count). The van der Waals surface area contributed by atoms with E-state index < -0.39 is 0 Å². The second kappa shape index (κ2) is 4.78. The molecule has 0 fully saturated rings. The third-order valence-electron chi connectivity index (χ3n) is 2.94. The molecule has 0 saturated carbocycles. The lowest BCUT2D eigenvalue weighted by Gasteiger charge is -2.26. The maximum absolute atomic E-state index is 8.63. The van der Waals surface area contributed by atoms with Gasteiger partial charge in [-0.15, -0.1) is 11.3 Å². The molecule has 0 saturated heterocycles. The van der Waals surface area contributed by atoms with Crippen LogP contribution in [0.25, 0.3) is 0 Å². The van der Waals surface area contributed by atoms with E-state index in [0.29, 0.717) is 18.5 Å². The first-order valence-corrected chi connectivity index (χ1v) is 6.38. The number of nitrogens with one attached hydrogen (secondary N) is 1. The largest absolute Gasteiger partial charge is 0.306 e. The Kier molecular flexibility index (Phi) is 3.40. The smallest absolute Gasteiger partial charge is 0.0638 e. The van der Waals surface area contributed by atoms with Gasteiger partial charge in [-0.2, -0.15) is 5.26 Å².